The summed E-state index contributed by atoms with van der Waals surface area (Å²) in [5, 5.41) is 4.50. The van der Waals surface area contributed by atoms with Crippen molar-refractivity contribution in [2.75, 3.05) is 11.9 Å². The monoisotopic (exact) mass is 405 g/mol. The van der Waals surface area contributed by atoms with Crippen molar-refractivity contribution in [1.82, 2.24) is 29.9 Å². The summed E-state index contributed by atoms with van der Waals surface area (Å²) in [5.41, 5.74) is 3.72. The number of benzene rings is 1. The van der Waals surface area contributed by atoms with Crippen molar-refractivity contribution in [2.24, 2.45) is 0 Å². The molecule has 4 N–H and O–H groups in total. The molecule has 0 unspecified atom stereocenters. The lowest BCUT2D eigenvalue weighted by molar-refractivity contribution is 1.01. The van der Waals surface area contributed by atoms with Crippen LogP contribution < -0.4 is 16.6 Å². The minimum Gasteiger partial charge on any atom is -0.368 e. The average molecular weight is 405 g/mol. The van der Waals surface area contributed by atoms with Crippen LogP contribution in [0.5, 0.6) is 0 Å². The molecule has 0 saturated carbocycles. The highest BCUT2D eigenvalue weighted by Crippen LogP contribution is 2.25. The predicted molar refractivity (Wildman–Crippen MR) is 112 cm³/mol. The first-order valence-corrected chi connectivity index (χ1v) is 9.79. The fourth-order valence-corrected chi connectivity index (χ4v) is 3.89. The summed E-state index contributed by atoms with van der Waals surface area (Å²) in [6.45, 7) is 0.632. The third-order valence-corrected chi connectivity index (χ3v) is 5.34. The second kappa shape index (κ2) is 6.99. The molecule has 144 valence electrons. The average Bonchev–Trinajstić information content (AvgIpc) is 3.35. The van der Waals surface area contributed by atoms with E-state index in [2.05, 4.69) is 41.3 Å². The maximum Gasteiger partial charge on any atom is 0.325 e. The van der Waals surface area contributed by atoms with Crippen molar-refractivity contribution >= 4 is 38.4 Å². The molecule has 10 heteroatoms. The number of anilines is 1. The smallest absolute Gasteiger partial charge is 0.325 e. The molecule has 0 fully saturated rings. The third kappa shape index (κ3) is 3.19. The Bertz CT molecular complexity index is 1450. The van der Waals surface area contributed by atoms with Gasteiger partial charge in [-0.05, 0) is 18.1 Å². The maximum atomic E-state index is 12.1. The molecule has 9 nitrogen and oxygen atoms in total. The van der Waals surface area contributed by atoms with Crippen LogP contribution in [-0.4, -0.2) is 36.4 Å². The number of nitrogens with zero attached hydrogens (tertiary/aromatic N) is 3. The summed E-state index contributed by atoms with van der Waals surface area (Å²) in [6.07, 6.45) is 4.11. The van der Waals surface area contributed by atoms with Crippen molar-refractivity contribution < 1.29 is 0 Å². The van der Waals surface area contributed by atoms with E-state index in [4.69, 9.17) is 0 Å². The number of nitrogens with one attached hydrogen (secondary N) is 4. The summed E-state index contributed by atoms with van der Waals surface area (Å²) in [4.78, 5) is 45.2. The molecule has 0 saturated heterocycles. The fourth-order valence-electron chi connectivity index (χ4n) is 3.24. The van der Waals surface area contributed by atoms with Gasteiger partial charge in [0, 0.05) is 29.8 Å². The summed E-state index contributed by atoms with van der Waals surface area (Å²) in [5.74, 6) is 0.783. The number of H-pyrrole nitrogens is 3. The highest BCUT2D eigenvalue weighted by atomic mass is 32.1. The van der Waals surface area contributed by atoms with E-state index in [0.29, 0.717) is 22.7 Å². The lowest BCUT2D eigenvalue weighted by Gasteiger charge is -2.08. The largest absolute Gasteiger partial charge is 0.368 e. The molecule has 0 radical (unpaired) electrons. The van der Waals surface area contributed by atoms with E-state index in [1.165, 1.54) is 28.5 Å². The molecular weight excluding hydrogens is 390 g/mol. The Balaban J connectivity index is 1.45. The van der Waals surface area contributed by atoms with E-state index in [1.807, 2.05) is 24.4 Å². The van der Waals surface area contributed by atoms with Crippen LogP contribution in [0, 0.1) is 0 Å². The molecule has 5 aromatic rings. The Morgan fingerprint density at radius 1 is 1.07 bits per heavy atom. The number of thiazole rings is 1. The minimum absolute atomic E-state index is 0.194. The van der Waals surface area contributed by atoms with E-state index in [0.717, 1.165) is 11.9 Å². The van der Waals surface area contributed by atoms with E-state index in [1.54, 1.807) is 5.51 Å². The lowest BCUT2D eigenvalue weighted by Crippen LogP contribution is -2.23. The van der Waals surface area contributed by atoms with Crippen LogP contribution in [0.15, 0.2) is 51.8 Å². The quantitative estimate of drug-likeness (QED) is 0.355. The Hall–Kier alpha value is -3.79. The number of para-hydroxylation sites is 1. The van der Waals surface area contributed by atoms with Crippen molar-refractivity contribution in [3.05, 3.63) is 68.6 Å². The molecule has 1 aromatic carbocycles. The summed E-state index contributed by atoms with van der Waals surface area (Å²) in [7, 11) is 0. The van der Waals surface area contributed by atoms with Gasteiger partial charge in [0.25, 0.3) is 5.56 Å². The van der Waals surface area contributed by atoms with Crippen molar-refractivity contribution in [3.63, 3.8) is 0 Å². The van der Waals surface area contributed by atoms with E-state index < -0.39 is 11.2 Å². The molecule has 0 aliphatic heterocycles. The topological polar surface area (TPSA) is 132 Å². The van der Waals surface area contributed by atoms with Gasteiger partial charge < -0.3 is 15.3 Å². The third-order valence-electron chi connectivity index (χ3n) is 4.62. The highest BCUT2D eigenvalue weighted by molar-refractivity contribution is 7.16. The minimum atomic E-state index is -0.574. The molecule has 0 spiro atoms. The molecule has 0 amide bonds. The van der Waals surface area contributed by atoms with Crippen molar-refractivity contribution in [1.29, 1.82) is 0 Å². The van der Waals surface area contributed by atoms with Crippen LogP contribution in [0.2, 0.25) is 0 Å². The van der Waals surface area contributed by atoms with Gasteiger partial charge in [0.2, 0.25) is 0 Å². The van der Waals surface area contributed by atoms with E-state index in [9.17, 15) is 9.59 Å². The molecule has 0 bridgehead atoms. The number of aromatic amines is 3. The molecular formula is C19H15N7O2S. The van der Waals surface area contributed by atoms with Crippen LogP contribution in [0.4, 0.5) is 5.82 Å². The summed E-state index contributed by atoms with van der Waals surface area (Å²) >= 11 is 1.36. The Morgan fingerprint density at radius 2 is 1.97 bits per heavy atom. The van der Waals surface area contributed by atoms with Gasteiger partial charge >= 0.3 is 5.69 Å². The highest BCUT2D eigenvalue weighted by Gasteiger charge is 2.14. The maximum absolute atomic E-state index is 12.1. The molecule has 4 aromatic heterocycles. The fraction of sp³-hybridized carbons (Fsp3) is 0.105. The normalized spacial score (nSPS) is 11.3. The first-order chi connectivity index (χ1) is 14.2. The number of fused-ring (bicyclic) bond motifs is 2. The summed E-state index contributed by atoms with van der Waals surface area (Å²) in [6, 6.07) is 8.15. The predicted octanol–water partition coefficient (Wildman–Crippen LogP) is 2.27. The molecule has 0 aliphatic rings. The molecule has 0 aliphatic carbocycles. The lowest BCUT2D eigenvalue weighted by atomic mass is 10.1. The van der Waals surface area contributed by atoms with Gasteiger partial charge in [-0.2, -0.15) is 0 Å². The molecule has 5 rings (SSSR count). The summed E-state index contributed by atoms with van der Waals surface area (Å²) < 4.78 is 0. The van der Waals surface area contributed by atoms with Gasteiger partial charge in [-0.1, -0.05) is 18.2 Å². The zero-order chi connectivity index (χ0) is 19.8. The SMILES string of the molecule is O=c1[nH]cc(-c2nc(NCCc3c[nH]c4ccccc34)c3ncsc3n2)c(=O)[nH]1. The van der Waals surface area contributed by atoms with Crippen LogP contribution in [0.1, 0.15) is 5.56 Å². The second-order valence-electron chi connectivity index (χ2n) is 6.42. The zero-order valence-corrected chi connectivity index (χ0v) is 15.8. The van der Waals surface area contributed by atoms with Gasteiger partial charge in [-0.15, -0.1) is 11.3 Å². The number of hydrogen-bond acceptors (Lipinski definition) is 7. The number of rotatable bonds is 5. The van der Waals surface area contributed by atoms with Gasteiger partial charge in [-0.3, -0.25) is 9.78 Å². The van der Waals surface area contributed by atoms with E-state index >= 15 is 0 Å². The van der Waals surface area contributed by atoms with Crippen molar-refractivity contribution in [2.45, 2.75) is 6.42 Å². The first-order valence-electron chi connectivity index (χ1n) is 8.91. The zero-order valence-electron chi connectivity index (χ0n) is 15.0. The number of aromatic nitrogens is 6. The molecule has 4 heterocycles. The first kappa shape index (κ1) is 17.3. The standard InChI is InChI=1S/C19H15N7O2S/c27-17-12(8-22-19(28)26-17)15-24-16(14-18(25-15)29-9-23-14)20-6-5-10-7-21-13-4-2-1-3-11(10)13/h1-4,7-9,21H,5-6H2,(H,20,24,25)(H2,22,26,27,28). The van der Waals surface area contributed by atoms with Crippen LogP contribution >= 0.6 is 11.3 Å². The second-order valence-corrected chi connectivity index (χ2v) is 7.26. The van der Waals surface area contributed by atoms with Crippen molar-refractivity contribution in [3.8, 4) is 11.4 Å². The van der Waals surface area contributed by atoms with Crippen LogP contribution in [-0.2, 0) is 6.42 Å². The van der Waals surface area contributed by atoms with E-state index in [-0.39, 0.29) is 11.4 Å². The van der Waals surface area contributed by atoms with Gasteiger partial charge in [0.15, 0.2) is 11.6 Å². The Kier molecular flexibility index (Phi) is 4.17. The van der Waals surface area contributed by atoms with Gasteiger partial charge in [0.05, 0.1) is 5.51 Å². The number of hydrogen-bond donors (Lipinski definition) is 4. The van der Waals surface area contributed by atoms with Gasteiger partial charge in [0.1, 0.15) is 15.9 Å². The van der Waals surface area contributed by atoms with Crippen LogP contribution in [0.25, 0.3) is 32.6 Å². The van der Waals surface area contributed by atoms with Gasteiger partial charge in [-0.25, -0.2) is 19.7 Å². The Labute approximate surface area is 166 Å². The Morgan fingerprint density at radius 3 is 2.86 bits per heavy atom. The molecule has 0 atom stereocenters. The van der Waals surface area contributed by atoms with Crippen LogP contribution in [0.3, 0.4) is 0 Å². The molecule has 29 heavy (non-hydrogen) atoms.